The van der Waals surface area contributed by atoms with Gasteiger partial charge in [0.15, 0.2) is 6.61 Å². The largest absolute Gasteiger partial charge is 0.455 e. The van der Waals surface area contributed by atoms with Gasteiger partial charge in [0.25, 0.3) is 5.91 Å². The molecule has 4 nitrogen and oxygen atoms in total. The van der Waals surface area contributed by atoms with E-state index >= 15 is 0 Å². The van der Waals surface area contributed by atoms with Crippen molar-refractivity contribution in [3.8, 4) is 0 Å². The maximum absolute atomic E-state index is 12.3. The number of amides is 1. The molecule has 120 valence electrons. The van der Waals surface area contributed by atoms with Crippen LogP contribution in [0.5, 0.6) is 0 Å². The molecule has 1 N–H and O–H groups in total. The van der Waals surface area contributed by atoms with Gasteiger partial charge in [-0.3, -0.25) is 9.59 Å². The number of carbonyl (C=O) groups is 2. The van der Waals surface area contributed by atoms with Crippen molar-refractivity contribution >= 4 is 29.2 Å². The highest BCUT2D eigenvalue weighted by atomic mass is 35.5. The highest BCUT2D eigenvalue weighted by Gasteiger charge is 2.31. The summed E-state index contributed by atoms with van der Waals surface area (Å²) in [6.07, 6.45) is 0. The van der Waals surface area contributed by atoms with Crippen molar-refractivity contribution in [1.29, 1.82) is 0 Å². The average Bonchev–Trinajstić information content (AvgIpc) is 2.55. The summed E-state index contributed by atoms with van der Waals surface area (Å²) in [5.41, 5.74) is 0.486. The lowest BCUT2D eigenvalue weighted by molar-refractivity contribution is -0.152. The summed E-state index contributed by atoms with van der Waals surface area (Å²) in [5, 5.41) is 3.04. The van der Waals surface area contributed by atoms with E-state index in [0.717, 1.165) is 5.56 Å². The molecule has 2 aromatic carbocycles. The number of halogens is 1. The van der Waals surface area contributed by atoms with Crippen LogP contribution in [0.2, 0.25) is 5.02 Å². The van der Waals surface area contributed by atoms with Crippen molar-refractivity contribution in [3.05, 3.63) is 65.2 Å². The molecule has 0 bridgehead atoms. The molecule has 2 rings (SSSR count). The minimum Gasteiger partial charge on any atom is -0.455 e. The molecule has 0 radical (unpaired) electrons. The van der Waals surface area contributed by atoms with Crippen molar-refractivity contribution in [2.75, 3.05) is 11.9 Å². The molecule has 0 saturated heterocycles. The summed E-state index contributed by atoms with van der Waals surface area (Å²) < 4.78 is 5.14. The van der Waals surface area contributed by atoms with Crippen LogP contribution in [0.25, 0.3) is 0 Å². The smallest absolute Gasteiger partial charge is 0.316 e. The molecule has 0 aliphatic heterocycles. The van der Waals surface area contributed by atoms with Gasteiger partial charge in [-0.15, -0.1) is 0 Å². The molecule has 0 fully saturated rings. The number of anilines is 1. The molecule has 0 unspecified atom stereocenters. The number of para-hydroxylation sites is 1. The first-order valence-corrected chi connectivity index (χ1v) is 7.56. The molecule has 0 spiro atoms. The van der Waals surface area contributed by atoms with Gasteiger partial charge in [-0.2, -0.15) is 0 Å². The minimum absolute atomic E-state index is 0.361. The SMILES string of the molecule is CC(C)(C(=O)OCC(=O)Nc1ccccc1Cl)c1ccccc1. The molecule has 0 aromatic heterocycles. The predicted octanol–water partition coefficient (Wildman–Crippen LogP) is 3.80. The highest BCUT2D eigenvalue weighted by molar-refractivity contribution is 6.33. The van der Waals surface area contributed by atoms with Crippen LogP contribution in [0.1, 0.15) is 19.4 Å². The summed E-state index contributed by atoms with van der Waals surface area (Å²) in [6.45, 7) is 3.16. The standard InChI is InChI=1S/C18H18ClNO3/c1-18(2,13-8-4-3-5-9-13)17(22)23-12-16(21)20-15-11-7-6-10-14(15)19/h3-11H,12H2,1-2H3,(H,20,21). The van der Waals surface area contributed by atoms with Crippen LogP contribution in [-0.2, 0) is 19.7 Å². The van der Waals surface area contributed by atoms with E-state index in [9.17, 15) is 9.59 Å². The van der Waals surface area contributed by atoms with Gasteiger partial charge in [0.05, 0.1) is 16.1 Å². The molecule has 0 atom stereocenters. The first-order chi connectivity index (χ1) is 10.9. The molecule has 0 heterocycles. The Balaban J connectivity index is 1.94. The molecule has 2 aromatic rings. The van der Waals surface area contributed by atoms with Crippen LogP contribution in [0.15, 0.2) is 54.6 Å². The van der Waals surface area contributed by atoms with E-state index in [-0.39, 0.29) is 6.61 Å². The van der Waals surface area contributed by atoms with Crippen LogP contribution >= 0.6 is 11.6 Å². The van der Waals surface area contributed by atoms with Crippen LogP contribution in [0.3, 0.4) is 0 Å². The van der Waals surface area contributed by atoms with Gasteiger partial charge in [-0.25, -0.2) is 0 Å². The molecule has 5 heteroatoms. The third-order valence-electron chi connectivity index (χ3n) is 3.49. The van der Waals surface area contributed by atoms with Gasteiger partial charge in [0, 0.05) is 0 Å². The Hall–Kier alpha value is -2.33. The van der Waals surface area contributed by atoms with E-state index in [1.54, 1.807) is 38.1 Å². The van der Waals surface area contributed by atoms with E-state index < -0.39 is 17.3 Å². The van der Waals surface area contributed by atoms with E-state index in [0.29, 0.717) is 10.7 Å². The molecular weight excluding hydrogens is 314 g/mol. The minimum atomic E-state index is -0.827. The third-order valence-corrected chi connectivity index (χ3v) is 3.82. The summed E-state index contributed by atoms with van der Waals surface area (Å²) >= 11 is 5.96. The van der Waals surface area contributed by atoms with Gasteiger partial charge in [0.2, 0.25) is 0 Å². The van der Waals surface area contributed by atoms with Crippen LogP contribution < -0.4 is 5.32 Å². The number of esters is 1. The zero-order chi connectivity index (χ0) is 16.9. The molecule has 0 aliphatic carbocycles. The van der Waals surface area contributed by atoms with Crippen molar-refractivity contribution in [2.45, 2.75) is 19.3 Å². The zero-order valence-electron chi connectivity index (χ0n) is 13.0. The molecule has 0 aliphatic rings. The van der Waals surface area contributed by atoms with Crippen molar-refractivity contribution in [3.63, 3.8) is 0 Å². The fourth-order valence-electron chi connectivity index (χ4n) is 2.03. The van der Waals surface area contributed by atoms with Crippen LogP contribution in [-0.4, -0.2) is 18.5 Å². The fraction of sp³-hybridized carbons (Fsp3) is 0.222. The van der Waals surface area contributed by atoms with Gasteiger partial charge in [0.1, 0.15) is 0 Å². The number of hydrogen-bond acceptors (Lipinski definition) is 3. The lowest BCUT2D eigenvalue weighted by Gasteiger charge is -2.22. The lowest BCUT2D eigenvalue weighted by atomic mass is 9.85. The Bertz CT molecular complexity index is 698. The van der Waals surface area contributed by atoms with E-state index in [1.165, 1.54) is 0 Å². The van der Waals surface area contributed by atoms with Gasteiger partial charge >= 0.3 is 5.97 Å². The van der Waals surface area contributed by atoms with Crippen molar-refractivity contribution < 1.29 is 14.3 Å². The Labute approximate surface area is 140 Å². The number of rotatable bonds is 5. The maximum Gasteiger partial charge on any atom is 0.316 e. The Morgan fingerprint density at radius 3 is 2.30 bits per heavy atom. The number of nitrogens with one attached hydrogen (secondary N) is 1. The fourth-order valence-corrected chi connectivity index (χ4v) is 2.22. The van der Waals surface area contributed by atoms with Crippen LogP contribution in [0, 0.1) is 0 Å². The van der Waals surface area contributed by atoms with E-state index in [2.05, 4.69) is 5.32 Å². The molecule has 1 amide bonds. The second-order valence-electron chi connectivity index (χ2n) is 5.60. The summed E-state index contributed by atoms with van der Waals surface area (Å²) in [4.78, 5) is 24.1. The summed E-state index contributed by atoms with van der Waals surface area (Å²) in [7, 11) is 0. The zero-order valence-corrected chi connectivity index (χ0v) is 13.8. The number of hydrogen-bond donors (Lipinski definition) is 1. The molecule has 23 heavy (non-hydrogen) atoms. The molecular formula is C18H18ClNO3. The first-order valence-electron chi connectivity index (χ1n) is 7.18. The van der Waals surface area contributed by atoms with Gasteiger partial charge in [-0.05, 0) is 31.5 Å². The maximum atomic E-state index is 12.3. The summed E-state index contributed by atoms with van der Waals surface area (Å²) in [5.74, 6) is -0.895. The Morgan fingerprint density at radius 1 is 1.04 bits per heavy atom. The third kappa shape index (κ3) is 4.33. The summed E-state index contributed by atoms with van der Waals surface area (Å²) in [6, 6.07) is 16.2. The van der Waals surface area contributed by atoms with Gasteiger partial charge < -0.3 is 10.1 Å². The topological polar surface area (TPSA) is 55.4 Å². The highest BCUT2D eigenvalue weighted by Crippen LogP contribution is 2.24. The quantitative estimate of drug-likeness (QED) is 0.848. The average molecular weight is 332 g/mol. The first kappa shape index (κ1) is 17.0. The number of benzene rings is 2. The monoisotopic (exact) mass is 331 g/mol. The lowest BCUT2D eigenvalue weighted by Crippen LogP contribution is -2.33. The molecule has 0 saturated carbocycles. The van der Waals surface area contributed by atoms with E-state index in [1.807, 2.05) is 30.3 Å². The number of ether oxygens (including phenoxy) is 1. The predicted molar refractivity (Wildman–Crippen MR) is 90.5 cm³/mol. The van der Waals surface area contributed by atoms with Crippen LogP contribution in [0.4, 0.5) is 5.69 Å². The Morgan fingerprint density at radius 2 is 1.65 bits per heavy atom. The normalized spacial score (nSPS) is 10.9. The van der Waals surface area contributed by atoms with Gasteiger partial charge in [-0.1, -0.05) is 54.1 Å². The van der Waals surface area contributed by atoms with Crippen molar-refractivity contribution in [1.82, 2.24) is 0 Å². The van der Waals surface area contributed by atoms with Crippen molar-refractivity contribution in [2.24, 2.45) is 0 Å². The van der Waals surface area contributed by atoms with E-state index in [4.69, 9.17) is 16.3 Å². The Kier molecular flexibility index (Phi) is 5.40. The second kappa shape index (κ2) is 7.29. The number of carbonyl (C=O) groups excluding carboxylic acids is 2. The second-order valence-corrected chi connectivity index (χ2v) is 6.00.